The molecule has 0 atom stereocenters. The Morgan fingerprint density at radius 2 is 0.862 bits per heavy atom. The molecule has 8 aromatic carbocycles. The molecule has 10 aromatic rings. The molecule has 0 aliphatic heterocycles. The van der Waals surface area contributed by atoms with Gasteiger partial charge in [-0.2, -0.15) is 0 Å². The molecule has 2 aromatic heterocycles. The summed E-state index contributed by atoms with van der Waals surface area (Å²) >= 11 is 0. The van der Waals surface area contributed by atoms with Crippen LogP contribution in [0.15, 0.2) is 192 Å². The first-order chi connectivity index (χ1) is 28.5. The maximum absolute atomic E-state index is 6.57. The van der Waals surface area contributed by atoms with Crippen molar-refractivity contribution >= 4 is 21.9 Å². The van der Waals surface area contributed by atoms with E-state index in [2.05, 4.69) is 178 Å². The third-order valence-electron chi connectivity index (χ3n) is 11.7. The Hall–Kier alpha value is -7.43. The normalized spacial score (nSPS) is 12.8. The van der Waals surface area contributed by atoms with Crippen LogP contribution in [0, 0.1) is 0 Å². The summed E-state index contributed by atoms with van der Waals surface area (Å²) in [6.07, 6.45) is 0. The van der Waals surface area contributed by atoms with Crippen LogP contribution in [0.5, 0.6) is 0 Å². The lowest BCUT2D eigenvalue weighted by molar-refractivity contribution is 0.660. The monoisotopic (exact) mass is 743 g/mol. The molecule has 0 N–H and O–H groups in total. The van der Waals surface area contributed by atoms with E-state index in [-0.39, 0.29) is 5.41 Å². The quantitative estimate of drug-likeness (QED) is 0.170. The van der Waals surface area contributed by atoms with E-state index in [4.69, 9.17) is 19.4 Å². The zero-order valence-corrected chi connectivity index (χ0v) is 32.1. The zero-order valence-electron chi connectivity index (χ0n) is 32.1. The summed E-state index contributed by atoms with van der Waals surface area (Å²) in [4.78, 5) is 15.8. The fourth-order valence-corrected chi connectivity index (χ4v) is 8.80. The van der Waals surface area contributed by atoms with Gasteiger partial charge in [-0.3, -0.25) is 0 Å². The van der Waals surface area contributed by atoms with E-state index in [1.54, 1.807) is 0 Å². The number of aromatic nitrogens is 3. The molecule has 0 unspecified atom stereocenters. The minimum Gasteiger partial charge on any atom is -0.456 e. The topological polar surface area (TPSA) is 51.8 Å². The lowest BCUT2D eigenvalue weighted by atomic mass is 9.82. The number of fused-ring (bicyclic) bond motifs is 6. The van der Waals surface area contributed by atoms with Crippen LogP contribution in [0.2, 0.25) is 0 Å². The number of hydrogen-bond donors (Lipinski definition) is 0. The van der Waals surface area contributed by atoms with Crippen molar-refractivity contribution in [3.05, 3.63) is 199 Å². The highest BCUT2D eigenvalue weighted by atomic mass is 16.3. The van der Waals surface area contributed by atoms with E-state index >= 15 is 0 Å². The molecule has 0 amide bonds. The van der Waals surface area contributed by atoms with E-state index in [0.717, 1.165) is 72.0 Å². The van der Waals surface area contributed by atoms with Crippen molar-refractivity contribution in [1.29, 1.82) is 0 Å². The standard InChI is InChI=1S/C54H37N3O/c1-54(2)46-23-13-12-21-43(46)45-32-37(26-28-47(45)54)51-55-52(38-25-27-44-49(33-38)58-48-24-14-22-42(50(44)48)36-19-10-5-11-20-36)57-53(56-51)41-30-39(34-15-6-3-7-16-34)29-40(31-41)35-17-8-4-9-18-35/h3-33H,1-2H3. The van der Waals surface area contributed by atoms with Gasteiger partial charge in [-0.25, -0.2) is 15.0 Å². The molecule has 2 heterocycles. The molecule has 0 spiro atoms. The molecule has 4 heteroatoms. The number of hydrogen-bond acceptors (Lipinski definition) is 4. The van der Waals surface area contributed by atoms with Gasteiger partial charge in [0.05, 0.1) is 0 Å². The van der Waals surface area contributed by atoms with E-state index < -0.39 is 0 Å². The Labute approximate surface area is 337 Å². The minimum absolute atomic E-state index is 0.103. The van der Waals surface area contributed by atoms with Gasteiger partial charge in [-0.15, -0.1) is 0 Å². The molecular weight excluding hydrogens is 707 g/mol. The average molecular weight is 744 g/mol. The molecule has 0 fully saturated rings. The van der Waals surface area contributed by atoms with Crippen LogP contribution in [0.4, 0.5) is 0 Å². The molecule has 274 valence electrons. The highest BCUT2D eigenvalue weighted by Crippen LogP contribution is 2.49. The largest absolute Gasteiger partial charge is 0.456 e. The SMILES string of the molecule is CC1(C)c2ccccc2-c2cc(-c3nc(-c4cc(-c5ccccc5)cc(-c5ccccc5)c4)nc(-c4ccc5c(c4)oc4cccc(-c6ccccc6)c45)n3)ccc21. The molecule has 1 aliphatic rings. The van der Waals surface area contributed by atoms with Crippen molar-refractivity contribution in [3.8, 4) is 78.7 Å². The van der Waals surface area contributed by atoms with Crippen molar-refractivity contribution in [2.45, 2.75) is 19.3 Å². The summed E-state index contributed by atoms with van der Waals surface area (Å²) in [6.45, 7) is 4.61. The van der Waals surface area contributed by atoms with Gasteiger partial charge in [-0.1, -0.05) is 159 Å². The fraction of sp³-hybridized carbons (Fsp3) is 0.0556. The Kier molecular flexibility index (Phi) is 7.80. The van der Waals surface area contributed by atoms with Crippen molar-refractivity contribution in [2.75, 3.05) is 0 Å². The number of benzene rings is 8. The Morgan fingerprint density at radius 1 is 0.345 bits per heavy atom. The van der Waals surface area contributed by atoms with Crippen molar-refractivity contribution in [3.63, 3.8) is 0 Å². The first-order valence-corrected chi connectivity index (χ1v) is 19.8. The van der Waals surface area contributed by atoms with Gasteiger partial charge in [0.25, 0.3) is 0 Å². The van der Waals surface area contributed by atoms with Crippen LogP contribution in [0.1, 0.15) is 25.0 Å². The summed E-state index contributed by atoms with van der Waals surface area (Å²) in [7, 11) is 0. The maximum atomic E-state index is 6.57. The molecule has 4 nitrogen and oxygen atoms in total. The molecule has 11 rings (SSSR count). The van der Waals surface area contributed by atoms with Crippen LogP contribution in [0.3, 0.4) is 0 Å². The van der Waals surface area contributed by atoms with Gasteiger partial charge < -0.3 is 4.42 Å². The second-order valence-electron chi connectivity index (χ2n) is 15.6. The predicted molar refractivity (Wildman–Crippen MR) is 237 cm³/mol. The van der Waals surface area contributed by atoms with E-state index in [1.807, 2.05) is 24.3 Å². The van der Waals surface area contributed by atoms with Crippen LogP contribution < -0.4 is 0 Å². The second kappa shape index (κ2) is 13.4. The van der Waals surface area contributed by atoms with Crippen molar-refractivity contribution in [2.24, 2.45) is 0 Å². The highest BCUT2D eigenvalue weighted by Gasteiger charge is 2.35. The number of rotatable bonds is 6. The Balaban J connectivity index is 1.12. The summed E-state index contributed by atoms with van der Waals surface area (Å²) in [6, 6.07) is 66.1. The lowest BCUT2D eigenvalue weighted by Gasteiger charge is -2.21. The molecule has 58 heavy (non-hydrogen) atoms. The molecular formula is C54H37N3O. The smallest absolute Gasteiger partial charge is 0.164 e. The molecule has 0 bridgehead atoms. The van der Waals surface area contributed by atoms with Gasteiger partial charge in [0.15, 0.2) is 17.5 Å². The number of furan rings is 1. The van der Waals surface area contributed by atoms with Gasteiger partial charge in [0, 0.05) is 32.9 Å². The van der Waals surface area contributed by atoms with Gasteiger partial charge >= 0.3 is 0 Å². The van der Waals surface area contributed by atoms with E-state index in [1.165, 1.54) is 22.3 Å². The van der Waals surface area contributed by atoms with Crippen molar-refractivity contribution in [1.82, 2.24) is 15.0 Å². The lowest BCUT2D eigenvalue weighted by Crippen LogP contribution is -2.14. The van der Waals surface area contributed by atoms with Gasteiger partial charge in [0.2, 0.25) is 0 Å². The van der Waals surface area contributed by atoms with E-state index in [0.29, 0.717) is 17.5 Å². The Morgan fingerprint density at radius 3 is 1.53 bits per heavy atom. The summed E-state index contributed by atoms with van der Waals surface area (Å²) < 4.78 is 6.57. The summed E-state index contributed by atoms with van der Waals surface area (Å²) in [5.41, 5.74) is 16.1. The van der Waals surface area contributed by atoms with Crippen molar-refractivity contribution < 1.29 is 4.42 Å². The van der Waals surface area contributed by atoms with Gasteiger partial charge in [0.1, 0.15) is 11.2 Å². The van der Waals surface area contributed by atoms with Crippen LogP contribution in [-0.2, 0) is 5.41 Å². The molecule has 0 radical (unpaired) electrons. The van der Waals surface area contributed by atoms with Crippen LogP contribution in [0.25, 0.3) is 101 Å². The summed E-state index contributed by atoms with van der Waals surface area (Å²) in [5, 5.41) is 2.15. The van der Waals surface area contributed by atoms with Gasteiger partial charge in [-0.05, 0) is 98.1 Å². The summed E-state index contributed by atoms with van der Waals surface area (Å²) in [5.74, 6) is 1.80. The number of nitrogens with zero attached hydrogens (tertiary/aromatic N) is 3. The van der Waals surface area contributed by atoms with Crippen LogP contribution in [-0.4, -0.2) is 15.0 Å². The minimum atomic E-state index is -0.103. The average Bonchev–Trinajstić information content (AvgIpc) is 3.78. The molecule has 0 saturated carbocycles. The predicted octanol–water partition coefficient (Wildman–Crippen LogP) is 14.1. The highest BCUT2D eigenvalue weighted by molar-refractivity contribution is 6.13. The third kappa shape index (κ3) is 5.64. The fourth-order valence-electron chi connectivity index (χ4n) is 8.80. The van der Waals surface area contributed by atoms with E-state index in [9.17, 15) is 0 Å². The second-order valence-corrected chi connectivity index (χ2v) is 15.6. The zero-order chi connectivity index (χ0) is 38.8. The molecule has 0 saturated heterocycles. The Bertz CT molecular complexity index is 3130. The first kappa shape index (κ1) is 33.9. The molecule has 1 aliphatic carbocycles. The van der Waals surface area contributed by atoms with Crippen LogP contribution >= 0.6 is 0 Å². The maximum Gasteiger partial charge on any atom is 0.164 e. The first-order valence-electron chi connectivity index (χ1n) is 19.8. The third-order valence-corrected chi connectivity index (χ3v) is 11.7.